The molecule has 0 aliphatic carbocycles. The van der Waals surface area contributed by atoms with Gasteiger partial charge in [0.2, 0.25) is 0 Å². The number of benzene rings is 1. The molecule has 1 amide bonds. The summed E-state index contributed by atoms with van der Waals surface area (Å²) < 4.78 is 3.80. The standard InChI is InChI=1S/C18H22N6O/c1-14(2)24-13-19-21-17(24)12-22(3)18(25)16-7-4-6-15(10-16)11-23-9-5-8-20-23/h4-10,13-14H,11-12H2,1-3H3. The van der Waals surface area contributed by atoms with Gasteiger partial charge in [0.15, 0.2) is 5.82 Å². The smallest absolute Gasteiger partial charge is 0.254 e. The highest BCUT2D eigenvalue weighted by molar-refractivity contribution is 5.94. The summed E-state index contributed by atoms with van der Waals surface area (Å²) in [5.74, 6) is 0.735. The lowest BCUT2D eigenvalue weighted by Gasteiger charge is -2.19. The highest BCUT2D eigenvalue weighted by Gasteiger charge is 2.16. The molecule has 0 atom stereocenters. The van der Waals surface area contributed by atoms with E-state index in [2.05, 4.69) is 29.1 Å². The van der Waals surface area contributed by atoms with E-state index in [9.17, 15) is 4.79 Å². The predicted octanol–water partition coefficient (Wildman–Crippen LogP) is 2.38. The summed E-state index contributed by atoms with van der Waals surface area (Å²) in [5, 5.41) is 12.3. The van der Waals surface area contributed by atoms with Crippen molar-refractivity contribution in [1.82, 2.24) is 29.4 Å². The molecule has 0 saturated heterocycles. The van der Waals surface area contributed by atoms with Crippen LogP contribution in [0.25, 0.3) is 0 Å². The fourth-order valence-electron chi connectivity index (χ4n) is 2.70. The SMILES string of the molecule is CC(C)n1cnnc1CN(C)C(=O)c1cccc(Cn2cccn2)c1. The van der Waals surface area contributed by atoms with Crippen LogP contribution in [0.3, 0.4) is 0 Å². The van der Waals surface area contributed by atoms with Crippen LogP contribution < -0.4 is 0 Å². The van der Waals surface area contributed by atoms with E-state index in [1.54, 1.807) is 24.5 Å². The largest absolute Gasteiger partial charge is 0.334 e. The first-order chi connectivity index (χ1) is 12.0. The summed E-state index contributed by atoms with van der Waals surface area (Å²) in [4.78, 5) is 14.4. The third-order valence-electron chi connectivity index (χ3n) is 4.01. The molecule has 130 valence electrons. The van der Waals surface area contributed by atoms with E-state index in [-0.39, 0.29) is 11.9 Å². The molecular weight excluding hydrogens is 316 g/mol. The minimum atomic E-state index is -0.0411. The van der Waals surface area contributed by atoms with Gasteiger partial charge in [-0.15, -0.1) is 10.2 Å². The maximum Gasteiger partial charge on any atom is 0.254 e. The number of nitrogens with zero attached hydrogens (tertiary/aromatic N) is 6. The summed E-state index contributed by atoms with van der Waals surface area (Å²) >= 11 is 0. The van der Waals surface area contributed by atoms with Crippen molar-refractivity contribution in [2.45, 2.75) is 33.0 Å². The quantitative estimate of drug-likeness (QED) is 0.692. The van der Waals surface area contributed by atoms with Gasteiger partial charge in [0, 0.05) is 31.0 Å². The van der Waals surface area contributed by atoms with Gasteiger partial charge in [0.1, 0.15) is 6.33 Å². The monoisotopic (exact) mass is 338 g/mol. The van der Waals surface area contributed by atoms with Crippen molar-refractivity contribution in [3.63, 3.8) is 0 Å². The minimum Gasteiger partial charge on any atom is -0.334 e. The van der Waals surface area contributed by atoms with Crippen LogP contribution in [0, 0.1) is 0 Å². The Kier molecular flexibility index (Phi) is 4.92. The summed E-state index contributed by atoms with van der Waals surface area (Å²) in [6.45, 7) is 5.18. The van der Waals surface area contributed by atoms with Gasteiger partial charge in [0.05, 0.1) is 13.1 Å². The number of carbonyl (C=O) groups excluding carboxylic acids is 1. The molecule has 0 aliphatic heterocycles. The zero-order chi connectivity index (χ0) is 17.8. The van der Waals surface area contributed by atoms with Gasteiger partial charge < -0.3 is 9.47 Å². The van der Waals surface area contributed by atoms with E-state index in [1.165, 1.54) is 0 Å². The summed E-state index contributed by atoms with van der Waals surface area (Å²) in [6, 6.07) is 9.77. The van der Waals surface area contributed by atoms with Crippen LogP contribution in [0.2, 0.25) is 0 Å². The molecule has 0 fully saturated rings. The van der Waals surface area contributed by atoms with Gasteiger partial charge >= 0.3 is 0 Å². The molecule has 0 N–H and O–H groups in total. The summed E-state index contributed by atoms with van der Waals surface area (Å²) in [5.41, 5.74) is 1.69. The average molecular weight is 338 g/mol. The highest BCUT2D eigenvalue weighted by Crippen LogP contribution is 2.13. The van der Waals surface area contributed by atoms with Crippen LogP contribution in [0.15, 0.2) is 49.1 Å². The van der Waals surface area contributed by atoms with Gasteiger partial charge in [-0.25, -0.2) is 0 Å². The van der Waals surface area contributed by atoms with Gasteiger partial charge in [-0.05, 0) is 37.6 Å². The van der Waals surface area contributed by atoms with Gasteiger partial charge in [0.25, 0.3) is 5.91 Å². The highest BCUT2D eigenvalue weighted by atomic mass is 16.2. The lowest BCUT2D eigenvalue weighted by atomic mass is 10.1. The molecule has 25 heavy (non-hydrogen) atoms. The van der Waals surface area contributed by atoms with Crippen molar-refractivity contribution >= 4 is 5.91 Å². The molecule has 1 aromatic carbocycles. The van der Waals surface area contributed by atoms with Crippen LogP contribution in [0.4, 0.5) is 0 Å². The second-order valence-corrected chi connectivity index (χ2v) is 6.31. The van der Waals surface area contributed by atoms with Crippen molar-refractivity contribution in [3.05, 3.63) is 66.0 Å². The maximum atomic E-state index is 12.8. The Morgan fingerprint density at radius 2 is 2.12 bits per heavy atom. The van der Waals surface area contributed by atoms with E-state index >= 15 is 0 Å². The Bertz CT molecular complexity index is 837. The molecule has 0 unspecified atom stereocenters. The zero-order valence-corrected chi connectivity index (χ0v) is 14.7. The molecule has 0 saturated carbocycles. The third-order valence-corrected chi connectivity index (χ3v) is 4.01. The second kappa shape index (κ2) is 7.29. The molecule has 3 rings (SSSR count). The van der Waals surface area contributed by atoms with Crippen LogP contribution in [0.5, 0.6) is 0 Å². The molecule has 7 nitrogen and oxygen atoms in total. The number of hydrogen-bond donors (Lipinski definition) is 0. The Balaban J connectivity index is 1.72. The van der Waals surface area contributed by atoms with E-state index in [4.69, 9.17) is 0 Å². The number of rotatable bonds is 6. The van der Waals surface area contributed by atoms with Crippen molar-refractivity contribution in [1.29, 1.82) is 0 Å². The number of hydrogen-bond acceptors (Lipinski definition) is 4. The second-order valence-electron chi connectivity index (χ2n) is 6.31. The fourth-order valence-corrected chi connectivity index (χ4v) is 2.70. The number of aromatic nitrogens is 5. The molecule has 0 radical (unpaired) electrons. The fraction of sp³-hybridized carbons (Fsp3) is 0.333. The van der Waals surface area contributed by atoms with Crippen molar-refractivity contribution < 1.29 is 4.79 Å². The first kappa shape index (κ1) is 16.9. The minimum absolute atomic E-state index is 0.0411. The molecule has 2 aromatic heterocycles. The normalized spacial score (nSPS) is 11.0. The van der Waals surface area contributed by atoms with Gasteiger partial charge in [-0.3, -0.25) is 9.48 Å². The molecule has 7 heteroatoms. The van der Waals surface area contributed by atoms with E-state index in [0.717, 1.165) is 11.4 Å². The Morgan fingerprint density at radius 1 is 1.28 bits per heavy atom. The van der Waals surface area contributed by atoms with Gasteiger partial charge in [-0.2, -0.15) is 5.10 Å². The van der Waals surface area contributed by atoms with Crippen molar-refractivity contribution in [3.8, 4) is 0 Å². The van der Waals surface area contributed by atoms with Crippen LogP contribution >= 0.6 is 0 Å². The predicted molar refractivity (Wildman–Crippen MR) is 94.0 cm³/mol. The Hall–Kier alpha value is -2.96. The van der Waals surface area contributed by atoms with Crippen LogP contribution in [-0.4, -0.2) is 42.4 Å². The molecular formula is C18H22N6O. The van der Waals surface area contributed by atoms with E-state index < -0.39 is 0 Å². The van der Waals surface area contributed by atoms with Crippen LogP contribution in [-0.2, 0) is 13.1 Å². The summed E-state index contributed by atoms with van der Waals surface area (Å²) in [7, 11) is 1.78. The van der Waals surface area contributed by atoms with Crippen molar-refractivity contribution in [2.24, 2.45) is 0 Å². The van der Waals surface area contributed by atoms with Crippen molar-refractivity contribution in [2.75, 3.05) is 7.05 Å². The third kappa shape index (κ3) is 3.93. The molecule has 0 aliphatic rings. The maximum absolute atomic E-state index is 12.8. The summed E-state index contributed by atoms with van der Waals surface area (Å²) in [6.07, 6.45) is 5.34. The molecule has 2 heterocycles. The topological polar surface area (TPSA) is 68.8 Å². The Morgan fingerprint density at radius 3 is 2.84 bits per heavy atom. The first-order valence-electron chi connectivity index (χ1n) is 8.25. The Labute approximate surface area is 146 Å². The molecule has 0 bridgehead atoms. The average Bonchev–Trinajstić information content (AvgIpc) is 3.26. The zero-order valence-electron chi connectivity index (χ0n) is 14.7. The van der Waals surface area contributed by atoms with E-state index in [0.29, 0.717) is 18.7 Å². The molecule has 3 aromatic rings. The first-order valence-corrected chi connectivity index (χ1v) is 8.25. The number of amides is 1. The molecule has 0 spiro atoms. The lowest BCUT2D eigenvalue weighted by molar-refractivity contribution is 0.0779. The van der Waals surface area contributed by atoms with Gasteiger partial charge in [-0.1, -0.05) is 12.1 Å². The lowest BCUT2D eigenvalue weighted by Crippen LogP contribution is -2.28. The number of carbonyl (C=O) groups is 1. The van der Waals surface area contributed by atoms with E-state index in [1.807, 2.05) is 45.8 Å². The van der Waals surface area contributed by atoms with Crippen LogP contribution in [0.1, 0.15) is 41.6 Å².